The zero-order chi connectivity index (χ0) is 25.8. The van der Waals surface area contributed by atoms with Gasteiger partial charge in [0.1, 0.15) is 11.8 Å². The normalized spacial score (nSPS) is 15.4. The van der Waals surface area contributed by atoms with Crippen LogP contribution >= 0.6 is 0 Å². The van der Waals surface area contributed by atoms with E-state index in [1.807, 2.05) is 20.8 Å². The van der Waals surface area contributed by atoms with E-state index < -0.39 is 6.04 Å². The van der Waals surface area contributed by atoms with E-state index in [-0.39, 0.29) is 17.7 Å². The molecule has 0 aliphatic carbocycles. The van der Waals surface area contributed by atoms with Gasteiger partial charge in [0, 0.05) is 44.8 Å². The van der Waals surface area contributed by atoms with Gasteiger partial charge in [-0.05, 0) is 62.1 Å². The lowest BCUT2D eigenvalue weighted by Gasteiger charge is -2.34. The molecule has 0 radical (unpaired) electrons. The smallest absolute Gasteiger partial charge is 0.251 e. The second-order valence-corrected chi connectivity index (χ2v) is 9.75. The summed E-state index contributed by atoms with van der Waals surface area (Å²) in [5.41, 5.74) is 1.89. The molecule has 196 valence electrons. The van der Waals surface area contributed by atoms with Gasteiger partial charge >= 0.3 is 0 Å². The molecule has 2 aromatic rings. The van der Waals surface area contributed by atoms with Crippen LogP contribution in [0.2, 0.25) is 0 Å². The molecule has 1 aliphatic heterocycles. The highest BCUT2D eigenvalue weighted by Gasteiger charge is 2.24. The van der Waals surface area contributed by atoms with Crippen LogP contribution in [0.1, 0.15) is 49.5 Å². The Balaban J connectivity index is 1.32. The molecule has 1 aliphatic rings. The molecule has 1 saturated heterocycles. The molecule has 0 aromatic heterocycles. The minimum absolute atomic E-state index is 0.0103. The van der Waals surface area contributed by atoms with Crippen LogP contribution in [0.4, 0.5) is 0 Å². The molecule has 0 saturated carbocycles. The predicted molar refractivity (Wildman–Crippen MR) is 144 cm³/mol. The maximum Gasteiger partial charge on any atom is 0.251 e. The van der Waals surface area contributed by atoms with E-state index in [9.17, 15) is 9.59 Å². The SMILES string of the molecule is CCOc1ccc(C(=O)NC(C(=O)NCCCCN2CCN(Cc3ccccc3)CC2)C(C)C)cc1. The van der Waals surface area contributed by atoms with Crippen LogP contribution in [-0.2, 0) is 11.3 Å². The topological polar surface area (TPSA) is 73.9 Å². The first-order valence-electron chi connectivity index (χ1n) is 13.3. The average Bonchev–Trinajstić information content (AvgIpc) is 2.89. The maximum absolute atomic E-state index is 12.8. The van der Waals surface area contributed by atoms with Gasteiger partial charge in [-0.2, -0.15) is 0 Å². The zero-order valence-corrected chi connectivity index (χ0v) is 22.0. The number of unbranched alkanes of at least 4 members (excludes halogenated alkanes) is 1. The third kappa shape index (κ3) is 8.95. The molecule has 0 spiro atoms. The van der Waals surface area contributed by atoms with Crippen LogP contribution in [0.3, 0.4) is 0 Å². The number of benzene rings is 2. The lowest BCUT2D eigenvalue weighted by molar-refractivity contribution is -0.123. The molecule has 1 unspecified atom stereocenters. The Bertz CT molecular complexity index is 925. The second-order valence-electron chi connectivity index (χ2n) is 9.75. The molecule has 2 aromatic carbocycles. The van der Waals surface area contributed by atoms with Gasteiger partial charge in [-0.3, -0.25) is 14.5 Å². The van der Waals surface area contributed by atoms with Crippen molar-refractivity contribution in [1.29, 1.82) is 0 Å². The largest absolute Gasteiger partial charge is 0.494 e. The van der Waals surface area contributed by atoms with Gasteiger partial charge in [0.25, 0.3) is 5.91 Å². The first-order valence-corrected chi connectivity index (χ1v) is 13.3. The van der Waals surface area contributed by atoms with E-state index in [4.69, 9.17) is 4.74 Å². The van der Waals surface area contributed by atoms with Crippen molar-refractivity contribution in [3.63, 3.8) is 0 Å². The van der Waals surface area contributed by atoms with E-state index in [1.54, 1.807) is 24.3 Å². The number of hydrogen-bond acceptors (Lipinski definition) is 5. The van der Waals surface area contributed by atoms with Gasteiger partial charge in [0.2, 0.25) is 5.91 Å². The number of ether oxygens (including phenoxy) is 1. The molecular formula is C29H42N4O3. The van der Waals surface area contributed by atoms with Gasteiger partial charge < -0.3 is 20.3 Å². The summed E-state index contributed by atoms with van der Waals surface area (Å²) < 4.78 is 5.43. The standard InChI is InChI=1S/C29H42N4O3/c1-4-36-26-14-12-25(13-15-26)28(34)31-27(23(2)3)29(35)30-16-8-9-17-32-18-20-33(21-19-32)22-24-10-6-5-7-11-24/h5-7,10-15,23,27H,4,8-9,16-22H2,1-3H3,(H,30,35)(H,31,34). The Morgan fingerprint density at radius 1 is 0.917 bits per heavy atom. The summed E-state index contributed by atoms with van der Waals surface area (Å²) in [7, 11) is 0. The lowest BCUT2D eigenvalue weighted by Crippen LogP contribution is -2.50. The zero-order valence-electron chi connectivity index (χ0n) is 22.0. The summed E-state index contributed by atoms with van der Waals surface area (Å²) in [4.78, 5) is 30.5. The molecule has 1 atom stereocenters. The number of piperazine rings is 1. The van der Waals surface area contributed by atoms with Gasteiger partial charge in [-0.1, -0.05) is 44.2 Å². The van der Waals surface area contributed by atoms with Gasteiger partial charge in [0.05, 0.1) is 6.61 Å². The van der Waals surface area contributed by atoms with Crippen LogP contribution in [0.15, 0.2) is 54.6 Å². The first-order chi connectivity index (χ1) is 17.5. The summed E-state index contributed by atoms with van der Waals surface area (Å²) in [5.74, 6) is 0.335. The van der Waals surface area contributed by atoms with Crippen LogP contribution in [0.5, 0.6) is 5.75 Å². The third-order valence-corrected chi connectivity index (χ3v) is 6.58. The number of rotatable bonds is 13. The summed E-state index contributed by atoms with van der Waals surface area (Å²) in [6.07, 6.45) is 1.97. The Hall–Kier alpha value is -2.90. The average molecular weight is 495 g/mol. The Morgan fingerprint density at radius 2 is 1.58 bits per heavy atom. The number of carbonyl (C=O) groups is 2. The highest BCUT2D eigenvalue weighted by atomic mass is 16.5. The maximum atomic E-state index is 12.8. The lowest BCUT2D eigenvalue weighted by atomic mass is 10.0. The molecule has 1 fully saturated rings. The van der Waals surface area contributed by atoms with Crippen molar-refractivity contribution >= 4 is 11.8 Å². The van der Waals surface area contributed by atoms with E-state index in [2.05, 4.69) is 50.8 Å². The van der Waals surface area contributed by atoms with Crippen molar-refractivity contribution in [2.24, 2.45) is 5.92 Å². The fraction of sp³-hybridized carbons (Fsp3) is 0.517. The molecular weight excluding hydrogens is 452 g/mol. The predicted octanol–water partition coefficient (Wildman–Crippen LogP) is 3.55. The Labute approximate surface area is 216 Å². The van der Waals surface area contributed by atoms with E-state index in [0.717, 1.165) is 57.9 Å². The van der Waals surface area contributed by atoms with E-state index in [0.29, 0.717) is 18.7 Å². The van der Waals surface area contributed by atoms with Crippen molar-refractivity contribution in [3.05, 3.63) is 65.7 Å². The molecule has 1 heterocycles. The first kappa shape index (κ1) is 27.7. The van der Waals surface area contributed by atoms with Crippen LogP contribution < -0.4 is 15.4 Å². The monoisotopic (exact) mass is 494 g/mol. The fourth-order valence-corrected chi connectivity index (χ4v) is 4.42. The fourth-order valence-electron chi connectivity index (χ4n) is 4.42. The number of hydrogen-bond donors (Lipinski definition) is 2. The highest BCUT2D eigenvalue weighted by molar-refractivity contribution is 5.97. The van der Waals surface area contributed by atoms with Crippen molar-refractivity contribution < 1.29 is 14.3 Å². The van der Waals surface area contributed by atoms with Gasteiger partial charge in [-0.15, -0.1) is 0 Å². The van der Waals surface area contributed by atoms with Gasteiger partial charge in [-0.25, -0.2) is 0 Å². The number of nitrogens with one attached hydrogen (secondary N) is 2. The Morgan fingerprint density at radius 3 is 2.22 bits per heavy atom. The number of nitrogens with zero attached hydrogens (tertiary/aromatic N) is 2. The van der Waals surface area contributed by atoms with Crippen molar-refractivity contribution in [2.45, 2.75) is 46.2 Å². The molecule has 0 bridgehead atoms. The number of amides is 2. The molecule has 3 rings (SSSR count). The molecule has 2 N–H and O–H groups in total. The van der Waals surface area contributed by atoms with Crippen molar-refractivity contribution in [3.8, 4) is 5.75 Å². The molecule has 36 heavy (non-hydrogen) atoms. The quantitative estimate of drug-likeness (QED) is 0.417. The molecule has 2 amide bonds. The van der Waals surface area contributed by atoms with Crippen molar-refractivity contribution in [2.75, 3.05) is 45.9 Å². The summed E-state index contributed by atoms with van der Waals surface area (Å²) in [5, 5.41) is 5.91. The Kier molecular flexibility index (Phi) is 11.2. The van der Waals surface area contributed by atoms with Crippen LogP contribution in [0, 0.1) is 5.92 Å². The minimum Gasteiger partial charge on any atom is -0.494 e. The summed E-state index contributed by atoms with van der Waals surface area (Å²) in [6.45, 7) is 13.4. The summed E-state index contributed by atoms with van der Waals surface area (Å²) >= 11 is 0. The highest BCUT2D eigenvalue weighted by Crippen LogP contribution is 2.13. The second kappa shape index (κ2) is 14.6. The third-order valence-electron chi connectivity index (χ3n) is 6.58. The minimum atomic E-state index is -0.568. The van der Waals surface area contributed by atoms with Crippen LogP contribution in [-0.4, -0.2) is 73.5 Å². The summed E-state index contributed by atoms with van der Waals surface area (Å²) in [6, 6.07) is 17.1. The van der Waals surface area contributed by atoms with Crippen molar-refractivity contribution in [1.82, 2.24) is 20.4 Å². The van der Waals surface area contributed by atoms with E-state index >= 15 is 0 Å². The number of carbonyl (C=O) groups excluding carboxylic acids is 2. The van der Waals surface area contributed by atoms with E-state index in [1.165, 1.54) is 5.56 Å². The molecule has 7 heteroatoms. The molecule has 7 nitrogen and oxygen atoms in total. The van der Waals surface area contributed by atoms with Gasteiger partial charge in [0.15, 0.2) is 0 Å². The van der Waals surface area contributed by atoms with Crippen LogP contribution in [0.25, 0.3) is 0 Å².